The fourth-order valence-corrected chi connectivity index (χ4v) is 6.29. The average Bonchev–Trinajstić information content (AvgIpc) is 3.39. The Labute approximate surface area is 193 Å². The maximum absolute atomic E-state index is 13.4. The molecular formula is C28H40FN3. The lowest BCUT2D eigenvalue weighted by atomic mass is 9.78. The number of hydrogen-bond donors (Lipinski definition) is 0. The molecule has 0 saturated carbocycles. The summed E-state index contributed by atoms with van der Waals surface area (Å²) in [4.78, 5) is 2.77. The van der Waals surface area contributed by atoms with E-state index in [0.717, 1.165) is 12.1 Å². The number of rotatable bonds is 10. The molecule has 2 aliphatic rings. The maximum atomic E-state index is 13.4. The number of aromatic nitrogens is 2. The number of allylic oxidation sites excluding steroid dienone is 2. The van der Waals surface area contributed by atoms with Crippen molar-refractivity contribution in [2.24, 2.45) is 5.92 Å². The van der Waals surface area contributed by atoms with E-state index in [2.05, 4.69) is 38.8 Å². The number of halogens is 1. The molecule has 0 spiro atoms. The van der Waals surface area contributed by atoms with Crippen molar-refractivity contribution >= 4 is 0 Å². The van der Waals surface area contributed by atoms with Crippen LogP contribution in [0.2, 0.25) is 0 Å². The summed E-state index contributed by atoms with van der Waals surface area (Å²) in [6.07, 6.45) is 11.9. The van der Waals surface area contributed by atoms with Crippen LogP contribution in [0.1, 0.15) is 89.8 Å². The van der Waals surface area contributed by atoms with Crippen LogP contribution in [0, 0.1) is 11.7 Å². The van der Waals surface area contributed by atoms with Crippen LogP contribution in [0.4, 0.5) is 4.39 Å². The second-order valence-electron chi connectivity index (χ2n) is 9.84. The highest BCUT2D eigenvalue weighted by Gasteiger charge is 2.37. The molecule has 0 amide bonds. The van der Waals surface area contributed by atoms with Gasteiger partial charge in [-0.05, 0) is 81.8 Å². The number of hydrogen-bond acceptors (Lipinski definition) is 2. The molecule has 0 bridgehead atoms. The molecule has 2 aromatic rings. The summed E-state index contributed by atoms with van der Waals surface area (Å²) in [5, 5.41) is 4.73. The zero-order chi connectivity index (χ0) is 22.7. The summed E-state index contributed by atoms with van der Waals surface area (Å²) in [7, 11) is 0. The molecule has 32 heavy (non-hydrogen) atoms. The van der Waals surface area contributed by atoms with Gasteiger partial charge in [0.25, 0.3) is 0 Å². The summed E-state index contributed by atoms with van der Waals surface area (Å²) in [5.74, 6) is 0.937. The summed E-state index contributed by atoms with van der Waals surface area (Å²) < 4.78 is 15.5. The molecule has 1 aromatic heterocycles. The fraction of sp³-hybridized carbons (Fsp3) is 0.607. The van der Waals surface area contributed by atoms with Crippen molar-refractivity contribution in [2.75, 3.05) is 13.1 Å². The van der Waals surface area contributed by atoms with Crippen LogP contribution in [-0.4, -0.2) is 33.8 Å². The van der Waals surface area contributed by atoms with E-state index in [-0.39, 0.29) is 5.82 Å². The van der Waals surface area contributed by atoms with Crippen LogP contribution in [-0.2, 0) is 6.42 Å². The van der Waals surface area contributed by atoms with Gasteiger partial charge in [-0.3, -0.25) is 0 Å². The molecule has 0 saturated heterocycles. The van der Waals surface area contributed by atoms with Gasteiger partial charge in [0.1, 0.15) is 5.82 Å². The topological polar surface area (TPSA) is 21.1 Å². The van der Waals surface area contributed by atoms with Crippen LogP contribution in [0.3, 0.4) is 0 Å². The van der Waals surface area contributed by atoms with Crippen molar-refractivity contribution < 1.29 is 4.39 Å². The van der Waals surface area contributed by atoms with Gasteiger partial charge >= 0.3 is 0 Å². The molecule has 0 fully saturated rings. The first-order valence-corrected chi connectivity index (χ1v) is 12.9. The third-order valence-electron chi connectivity index (χ3n) is 7.65. The van der Waals surface area contributed by atoms with Gasteiger partial charge in [-0.15, -0.1) is 0 Å². The van der Waals surface area contributed by atoms with Gasteiger partial charge in [0.05, 0.1) is 17.6 Å². The summed E-state index contributed by atoms with van der Waals surface area (Å²) >= 11 is 0. The van der Waals surface area contributed by atoms with E-state index in [0.29, 0.717) is 17.9 Å². The van der Waals surface area contributed by atoms with Gasteiger partial charge in [-0.1, -0.05) is 45.3 Å². The molecule has 0 radical (unpaired) electrons. The second kappa shape index (κ2) is 10.3. The monoisotopic (exact) mass is 437 g/mol. The van der Waals surface area contributed by atoms with E-state index in [4.69, 9.17) is 5.10 Å². The Kier molecular flexibility index (Phi) is 7.50. The third kappa shape index (κ3) is 4.57. The van der Waals surface area contributed by atoms with Gasteiger partial charge in [0.15, 0.2) is 0 Å². The third-order valence-corrected chi connectivity index (χ3v) is 7.65. The molecule has 3 atom stereocenters. The number of benzene rings is 1. The zero-order valence-electron chi connectivity index (χ0n) is 20.4. The molecule has 0 aliphatic heterocycles. The maximum Gasteiger partial charge on any atom is 0.123 e. The minimum Gasteiger partial charge on any atom is -0.300 e. The molecule has 4 rings (SSSR count). The molecule has 2 aliphatic carbocycles. The lowest BCUT2D eigenvalue weighted by molar-refractivity contribution is 0.162. The zero-order valence-corrected chi connectivity index (χ0v) is 20.4. The molecular weight excluding hydrogens is 397 g/mol. The molecule has 1 aromatic carbocycles. The van der Waals surface area contributed by atoms with E-state index in [1.807, 2.05) is 16.8 Å². The van der Waals surface area contributed by atoms with E-state index in [1.165, 1.54) is 81.4 Å². The van der Waals surface area contributed by atoms with Crippen molar-refractivity contribution in [3.63, 3.8) is 0 Å². The molecule has 0 N–H and O–H groups in total. The quantitative estimate of drug-likeness (QED) is 0.371. The number of fused-ring (bicyclic) bond motifs is 1. The highest BCUT2D eigenvalue weighted by Crippen LogP contribution is 2.49. The highest BCUT2D eigenvalue weighted by atomic mass is 19.1. The summed E-state index contributed by atoms with van der Waals surface area (Å²) in [6, 6.07) is 7.42. The Balaban J connectivity index is 1.56. The van der Waals surface area contributed by atoms with Crippen molar-refractivity contribution in [1.82, 2.24) is 14.7 Å². The Morgan fingerprint density at radius 1 is 1.09 bits per heavy atom. The van der Waals surface area contributed by atoms with Crippen molar-refractivity contribution in [3.05, 3.63) is 58.7 Å². The van der Waals surface area contributed by atoms with Crippen molar-refractivity contribution in [1.29, 1.82) is 0 Å². The first kappa shape index (κ1) is 23.2. The largest absolute Gasteiger partial charge is 0.300 e. The predicted octanol–water partition coefficient (Wildman–Crippen LogP) is 7.06. The van der Waals surface area contributed by atoms with Crippen LogP contribution >= 0.6 is 0 Å². The predicted molar refractivity (Wildman–Crippen MR) is 131 cm³/mol. The normalized spacial score (nSPS) is 21.2. The van der Waals surface area contributed by atoms with Crippen molar-refractivity contribution in [2.45, 2.75) is 91.0 Å². The lowest BCUT2D eigenvalue weighted by Crippen LogP contribution is -2.38. The van der Waals surface area contributed by atoms with Gasteiger partial charge in [0, 0.05) is 23.9 Å². The van der Waals surface area contributed by atoms with Gasteiger partial charge in [0.2, 0.25) is 0 Å². The van der Waals surface area contributed by atoms with Crippen LogP contribution in [0.15, 0.2) is 41.6 Å². The Hall–Kier alpha value is -1.94. The number of nitrogens with zero attached hydrogens (tertiary/aromatic N) is 3. The van der Waals surface area contributed by atoms with E-state index >= 15 is 0 Å². The first-order chi connectivity index (χ1) is 15.6. The SMILES string of the molecule is CCCC(C[C@H]1CCC2=C1[C@@H](C)c1cnn(-c3ccc(F)cc3)c1C2)N(CCC)CCC. The molecule has 174 valence electrons. The van der Waals surface area contributed by atoms with Gasteiger partial charge < -0.3 is 4.90 Å². The molecule has 3 nitrogen and oxygen atoms in total. The average molecular weight is 438 g/mol. The second-order valence-corrected chi connectivity index (χ2v) is 9.84. The Morgan fingerprint density at radius 2 is 1.81 bits per heavy atom. The van der Waals surface area contributed by atoms with E-state index < -0.39 is 0 Å². The van der Waals surface area contributed by atoms with Crippen molar-refractivity contribution in [3.8, 4) is 5.69 Å². The smallest absolute Gasteiger partial charge is 0.123 e. The standard InChI is InChI=1S/C28H40FN3/c1-5-8-25(31(15-6-2)16-7-3)17-21-9-10-22-18-27-26(20(4)28(21)22)19-30-32(27)24-13-11-23(29)12-14-24/h11-14,19-21,25H,5-10,15-18H2,1-4H3/t20-,21+,25?/m0/s1. The minimum atomic E-state index is -0.200. The molecule has 1 heterocycles. The Bertz CT molecular complexity index is 921. The lowest BCUT2D eigenvalue weighted by Gasteiger charge is -2.35. The van der Waals surface area contributed by atoms with Crippen LogP contribution in [0.25, 0.3) is 5.69 Å². The first-order valence-electron chi connectivity index (χ1n) is 12.9. The fourth-order valence-electron chi connectivity index (χ4n) is 6.29. The molecule has 4 heteroatoms. The Morgan fingerprint density at radius 3 is 2.47 bits per heavy atom. The molecule has 1 unspecified atom stereocenters. The van der Waals surface area contributed by atoms with Gasteiger partial charge in [-0.2, -0.15) is 5.10 Å². The van der Waals surface area contributed by atoms with Crippen LogP contribution in [0.5, 0.6) is 0 Å². The summed E-state index contributed by atoms with van der Waals surface area (Å²) in [6.45, 7) is 11.8. The highest BCUT2D eigenvalue weighted by molar-refractivity contribution is 5.47. The van der Waals surface area contributed by atoms with E-state index in [9.17, 15) is 4.39 Å². The summed E-state index contributed by atoms with van der Waals surface area (Å²) in [5.41, 5.74) is 6.98. The van der Waals surface area contributed by atoms with E-state index in [1.54, 1.807) is 11.1 Å². The van der Waals surface area contributed by atoms with Crippen LogP contribution < -0.4 is 0 Å². The minimum absolute atomic E-state index is 0.200. The van der Waals surface area contributed by atoms with Gasteiger partial charge in [-0.25, -0.2) is 9.07 Å².